The van der Waals surface area contributed by atoms with Crippen LogP contribution in [0.5, 0.6) is 0 Å². The Bertz CT molecular complexity index is 355. The van der Waals surface area contributed by atoms with Crippen molar-refractivity contribution in [1.29, 1.82) is 0 Å². The number of nitrogens with one attached hydrogen (secondary N) is 1. The summed E-state index contributed by atoms with van der Waals surface area (Å²) < 4.78 is 6.08. The standard InChI is InChI=1S/C16H30N2O2/c1-6-8-16(9-7-10-17-16)13(19)18-11-14(2,3)20-15(4,5)12-18/h17H,6-12H2,1-5H3. The fourth-order valence-electron chi connectivity index (χ4n) is 3.97. The highest BCUT2D eigenvalue weighted by Crippen LogP contribution is 2.33. The minimum atomic E-state index is -0.321. The molecular weight excluding hydrogens is 252 g/mol. The lowest BCUT2D eigenvalue weighted by molar-refractivity contribution is -0.191. The van der Waals surface area contributed by atoms with Crippen molar-refractivity contribution in [3.63, 3.8) is 0 Å². The molecule has 4 nitrogen and oxygen atoms in total. The number of nitrogens with zero attached hydrogens (tertiary/aromatic N) is 1. The predicted molar refractivity (Wildman–Crippen MR) is 80.7 cm³/mol. The van der Waals surface area contributed by atoms with E-state index in [4.69, 9.17) is 4.74 Å². The largest absolute Gasteiger partial charge is 0.366 e. The van der Waals surface area contributed by atoms with Crippen LogP contribution < -0.4 is 5.32 Å². The lowest BCUT2D eigenvalue weighted by atomic mass is 9.88. The van der Waals surface area contributed by atoms with E-state index in [0.717, 1.165) is 32.2 Å². The van der Waals surface area contributed by atoms with Gasteiger partial charge in [-0.05, 0) is 53.5 Å². The van der Waals surface area contributed by atoms with Crippen molar-refractivity contribution in [1.82, 2.24) is 10.2 Å². The average Bonchev–Trinajstić information content (AvgIpc) is 2.74. The molecule has 2 fully saturated rings. The Morgan fingerprint density at radius 2 is 1.80 bits per heavy atom. The second-order valence-corrected chi connectivity index (χ2v) is 7.65. The molecule has 2 rings (SSSR count). The number of carbonyl (C=O) groups is 1. The van der Waals surface area contributed by atoms with E-state index in [2.05, 4.69) is 39.9 Å². The van der Waals surface area contributed by atoms with E-state index >= 15 is 0 Å². The van der Waals surface area contributed by atoms with E-state index in [9.17, 15) is 4.79 Å². The van der Waals surface area contributed by atoms with E-state index in [0.29, 0.717) is 13.1 Å². The van der Waals surface area contributed by atoms with Crippen molar-refractivity contribution >= 4 is 5.91 Å². The molecule has 2 saturated heterocycles. The molecule has 20 heavy (non-hydrogen) atoms. The molecule has 0 aromatic heterocycles. The zero-order chi connectivity index (χ0) is 15.0. The van der Waals surface area contributed by atoms with Crippen LogP contribution in [-0.4, -0.2) is 47.2 Å². The molecule has 1 atom stereocenters. The number of ether oxygens (including phenoxy) is 1. The molecule has 116 valence electrons. The first kappa shape index (κ1) is 15.8. The Balaban J connectivity index is 2.18. The second kappa shape index (κ2) is 5.30. The van der Waals surface area contributed by atoms with E-state index in [-0.39, 0.29) is 22.6 Å². The maximum Gasteiger partial charge on any atom is 0.243 e. The summed E-state index contributed by atoms with van der Waals surface area (Å²) in [4.78, 5) is 15.1. The van der Waals surface area contributed by atoms with Crippen LogP contribution in [0.2, 0.25) is 0 Å². The molecule has 2 heterocycles. The van der Waals surface area contributed by atoms with Gasteiger partial charge in [0.15, 0.2) is 0 Å². The van der Waals surface area contributed by atoms with Crippen LogP contribution in [0.25, 0.3) is 0 Å². The Hall–Kier alpha value is -0.610. The van der Waals surface area contributed by atoms with Gasteiger partial charge in [-0.2, -0.15) is 0 Å². The molecule has 4 heteroatoms. The zero-order valence-electron chi connectivity index (χ0n) is 13.7. The van der Waals surface area contributed by atoms with Gasteiger partial charge in [0.2, 0.25) is 5.91 Å². The predicted octanol–water partition coefficient (Wildman–Crippen LogP) is 2.32. The van der Waals surface area contributed by atoms with Crippen molar-refractivity contribution in [2.75, 3.05) is 19.6 Å². The highest BCUT2D eigenvalue weighted by atomic mass is 16.5. The normalized spacial score (nSPS) is 32.4. The van der Waals surface area contributed by atoms with Crippen LogP contribution in [0.4, 0.5) is 0 Å². The third-order valence-electron chi connectivity index (χ3n) is 4.31. The smallest absolute Gasteiger partial charge is 0.243 e. The fourth-order valence-corrected chi connectivity index (χ4v) is 3.97. The molecule has 0 aromatic carbocycles. The topological polar surface area (TPSA) is 41.6 Å². The molecule has 1 unspecified atom stereocenters. The van der Waals surface area contributed by atoms with E-state index < -0.39 is 0 Å². The molecule has 0 radical (unpaired) electrons. The number of rotatable bonds is 3. The molecule has 0 bridgehead atoms. The SMILES string of the molecule is CCCC1(C(=O)N2CC(C)(C)OC(C)(C)C2)CCCN1. The zero-order valence-corrected chi connectivity index (χ0v) is 13.7. The highest BCUT2D eigenvalue weighted by molar-refractivity contribution is 5.87. The number of carbonyl (C=O) groups excluding carboxylic acids is 1. The fraction of sp³-hybridized carbons (Fsp3) is 0.938. The molecule has 0 aromatic rings. The quantitative estimate of drug-likeness (QED) is 0.864. The first-order valence-electron chi connectivity index (χ1n) is 7.94. The van der Waals surface area contributed by atoms with Crippen LogP contribution in [0.15, 0.2) is 0 Å². The summed E-state index contributed by atoms with van der Waals surface area (Å²) in [6.07, 6.45) is 4.04. The number of hydrogen-bond acceptors (Lipinski definition) is 3. The van der Waals surface area contributed by atoms with Gasteiger partial charge >= 0.3 is 0 Å². The maximum atomic E-state index is 13.1. The van der Waals surface area contributed by atoms with E-state index in [1.807, 2.05) is 4.90 Å². The number of morpholine rings is 1. The highest BCUT2D eigenvalue weighted by Gasteiger charge is 2.47. The van der Waals surface area contributed by atoms with Crippen LogP contribution in [0.3, 0.4) is 0 Å². The Morgan fingerprint density at radius 1 is 1.20 bits per heavy atom. The van der Waals surface area contributed by atoms with Gasteiger partial charge in [-0.15, -0.1) is 0 Å². The summed E-state index contributed by atoms with van der Waals surface area (Å²) in [5.74, 6) is 0.279. The van der Waals surface area contributed by atoms with Crippen molar-refractivity contribution in [2.45, 2.75) is 77.0 Å². The van der Waals surface area contributed by atoms with Crippen molar-refractivity contribution in [2.24, 2.45) is 0 Å². The van der Waals surface area contributed by atoms with E-state index in [1.54, 1.807) is 0 Å². The first-order valence-corrected chi connectivity index (χ1v) is 7.94. The summed E-state index contributed by atoms with van der Waals surface area (Å²) in [6.45, 7) is 12.8. The van der Waals surface area contributed by atoms with E-state index in [1.165, 1.54) is 0 Å². The van der Waals surface area contributed by atoms with Gasteiger partial charge in [0.25, 0.3) is 0 Å². The monoisotopic (exact) mass is 282 g/mol. The van der Waals surface area contributed by atoms with Crippen molar-refractivity contribution in [3.8, 4) is 0 Å². The third-order valence-corrected chi connectivity index (χ3v) is 4.31. The Morgan fingerprint density at radius 3 is 2.25 bits per heavy atom. The summed E-state index contributed by atoms with van der Waals surface area (Å²) in [7, 11) is 0. The molecular formula is C16H30N2O2. The maximum absolute atomic E-state index is 13.1. The van der Waals surface area contributed by atoms with Crippen molar-refractivity contribution < 1.29 is 9.53 Å². The number of amides is 1. The first-order chi connectivity index (χ1) is 9.20. The van der Waals surface area contributed by atoms with Gasteiger partial charge in [0, 0.05) is 13.1 Å². The van der Waals surface area contributed by atoms with Gasteiger partial charge in [0.1, 0.15) is 0 Å². The Kier molecular flexibility index (Phi) is 4.18. The minimum Gasteiger partial charge on any atom is -0.366 e. The Labute approximate surface area is 123 Å². The van der Waals surface area contributed by atoms with Gasteiger partial charge < -0.3 is 15.0 Å². The average molecular weight is 282 g/mol. The van der Waals surface area contributed by atoms with Crippen LogP contribution in [-0.2, 0) is 9.53 Å². The second-order valence-electron chi connectivity index (χ2n) is 7.65. The number of hydrogen-bond donors (Lipinski definition) is 1. The molecule has 1 N–H and O–H groups in total. The minimum absolute atomic E-state index is 0.274. The van der Waals surface area contributed by atoms with Crippen LogP contribution in [0.1, 0.15) is 60.3 Å². The van der Waals surface area contributed by atoms with Gasteiger partial charge in [-0.3, -0.25) is 4.79 Å². The summed E-state index contributed by atoms with van der Waals surface area (Å²) >= 11 is 0. The lowest BCUT2D eigenvalue weighted by Crippen LogP contribution is -2.64. The molecule has 0 aliphatic carbocycles. The molecule has 0 saturated carbocycles. The summed E-state index contributed by atoms with van der Waals surface area (Å²) in [5, 5.41) is 3.49. The van der Waals surface area contributed by atoms with Gasteiger partial charge in [0.05, 0.1) is 16.7 Å². The van der Waals surface area contributed by atoms with Gasteiger partial charge in [-0.1, -0.05) is 13.3 Å². The van der Waals surface area contributed by atoms with Gasteiger partial charge in [-0.25, -0.2) is 0 Å². The molecule has 2 aliphatic rings. The van der Waals surface area contributed by atoms with Crippen molar-refractivity contribution in [3.05, 3.63) is 0 Å². The third kappa shape index (κ3) is 3.17. The lowest BCUT2D eigenvalue weighted by Gasteiger charge is -2.49. The van der Waals surface area contributed by atoms with Crippen LogP contribution >= 0.6 is 0 Å². The summed E-state index contributed by atoms with van der Waals surface area (Å²) in [5.41, 5.74) is -0.870. The molecule has 0 spiro atoms. The summed E-state index contributed by atoms with van der Waals surface area (Å²) in [6, 6.07) is 0. The van der Waals surface area contributed by atoms with Crippen LogP contribution in [0, 0.1) is 0 Å². The molecule has 2 aliphatic heterocycles. The molecule has 1 amide bonds.